The Kier molecular flexibility index (Phi) is 3.99. The predicted octanol–water partition coefficient (Wildman–Crippen LogP) is 2.92. The van der Waals surface area contributed by atoms with Gasteiger partial charge < -0.3 is 9.42 Å². The molecular formula is C8H7F3NO4PS. The molecule has 0 heterocycles. The van der Waals surface area contributed by atoms with Gasteiger partial charge in [-0.1, -0.05) is 0 Å². The van der Waals surface area contributed by atoms with Gasteiger partial charge in [-0.05, 0) is 17.9 Å². The van der Waals surface area contributed by atoms with Crippen LogP contribution in [0, 0.1) is 10.1 Å². The number of nitro benzene ring substituents is 1. The summed E-state index contributed by atoms with van der Waals surface area (Å²) in [5.41, 5.74) is -2.03. The highest BCUT2D eigenvalue weighted by atomic mass is 32.5. The maximum absolute atomic E-state index is 12.5. The second-order valence-corrected chi connectivity index (χ2v) is 7.19. The second kappa shape index (κ2) is 4.83. The molecule has 0 spiro atoms. The molecule has 10 heteroatoms. The molecule has 1 aromatic carbocycles. The predicted molar refractivity (Wildman–Crippen MR) is 61.2 cm³/mol. The lowest BCUT2D eigenvalue weighted by Crippen LogP contribution is -2.06. The van der Waals surface area contributed by atoms with E-state index in [1.165, 1.54) is 0 Å². The molecule has 1 unspecified atom stereocenters. The summed E-state index contributed by atoms with van der Waals surface area (Å²) < 4.78 is 42.2. The normalized spacial score (nSPS) is 14.9. The van der Waals surface area contributed by atoms with E-state index in [9.17, 15) is 28.2 Å². The van der Waals surface area contributed by atoms with Crippen molar-refractivity contribution in [2.75, 3.05) is 6.66 Å². The molecule has 18 heavy (non-hydrogen) atoms. The lowest BCUT2D eigenvalue weighted by molar-refractivity contribution is -0.385. The maximum atomic E-state index is 12.5. The molecule has 0 aromatic heterocycles. The van der Waals surface area contributed by atoms with Crippen molar-refractivity contribution >= 4 is 24.0 Å². The number of nitro groups is 1. The Hall–Kier alpha value is -1.18. The van der Waals surface area contributed by atoms with Gasteiger partial charge >= 0.3 is 6.18 Å². The van der Waals surface area contributed by atoms with Crippen LogP contribution in [0.1, 0.15) is 5.56 Å². The van der Waals surface area contributed by atoms with Gasteiger partial charge in [0.15, 0.2) is 0 Å². The third-order valence-corrected chi connectivity index (χ3v) is 2.48. The van der Waals surface area contributed by atoms with Crippen LogP contribution < -0.4 is 4.52 Å². The van der Waals surface area contributed by atoms with Crippen molar-refractivity contribution in [2.45, 2.75) is 6.18 Å². The Balaban J connectivity index is 3.32. The zero-order valence-corrected chi connectivity index (χ0v) is 10.6. The van der Waals surface area contributed by atoms with Crippen LogP contribution in [0.15, 0.2) is 18.2 Å². The van der Waals surface area contributed by atoms with Crippen molar-refractivity contribution < 1.29 is 27.5 Å². The number of nitrogens with zero attached hydrogens (tertiary/aromatic N) is 1. The van der Waals surface area contributed by atoms with E-state index >= 15 is 0 Å². The average Bonchev–Trinajstić information content (AvgIpc) is 2.12. The lowest BCUT2D eigenvalue weighted by atomic mass is 10.2. The topological polar surface area (TPSA) is 72.6 Å². The number of halogens is 3. The quantitative estimate of drug-likeness (QED) is 0.528. The fourth-order valence-electron chi connectivity index (χ4n) is 1.10. The summed E-state index contributed by atoms with van der Waals surface area (Å²) in [7, 11) is 0. The lowest BCUT2D eigenvalue weighted by Gasteiger charge is -2.13. The SMILES string of the molecule is CP(O)(=S)Oc1cc([N+](=O)[O-])cc(C(F)(F)F)c1. The zero-order valence-electron chi connectivity index (χ0n) is 8.84. The summed E-state index contributed by atoms with van der Waals surface area (Å²) in [5, 5.41) is 10.5. The highest BCUT2D eigenvalue weighted by Crippen LogP contribution is 2.42. The summed E-state index contributed by atoms with van der Waals surface area (Å²) in [6, 6.07) is 1.70. The average molecular weight is 301 g/mol. The number of non-ortho nitro benzene ring substituents is 1. The molecule has 0 amide bonds. The van der Waals surface area contributed by atoms with Gasteiger partial charge in [0, 0.05) is 12.7 Å². The number of alkyl halides is 3. The van der Waals surface area contributed by atoms with Crippen LogP contribution >= 0.6 is 6.49 Å². The molecule has 0 aliphatic rings. The smallest absolute Gasteiger partial charge is 0.416 e. The molecule has 1 N–H and O–H groups in total. The Labute approximate surface area is 105 Å². The van der Waals surface area contributed by atoms with Crippen LogP contribution in [-0.4, -0.2) is 16.5 Å². The molecule has 0 saturated heterocycles. The van der Waals surface area contributed by atoms with Gasteiger partial charge in [0.1, 0.15) is 5.75 Å². The minimum absolute atomic E-state index is 0.378. The van der Waals surface area contributed by atoms with Crippen molar-refractivity contribution in [3.05, 3.63) is 33.9 Å². The highest BCUT2D eigenvalue weighted by Gasteiger charge is 2.33. The number of benzene rings is 1. The van der Waals surface area contributed by atoms with Crippen LogP contribution in [0.4, 0.5) is 18.9 Å². The largest absolute Gasteiger partial charge is 0.444 e. The van der Waals surface area contributed by atoms with Crippen molar-refractivity contribution in [1.82, 2.24) is 0 Å². The van der Waals surface area contributed by atoms with E-state index in [0.29, 0.717) is 12.1 Å². The molecule has 1 rings (SSSR count). The van der Waals surface area contributed by atoms with Crippen molar-refractivity contribution in [3.8, 4) is 5.75 Å². The van der Waals surface area contributed by atoms with E-state index in [2.05, 4.69) is 11.8 Å². The van der Waals surface area contributed by atoms with E-state index < -0.39 is 34.6 Å². The first-order chi connectivity index (χ1) is 7.99. The molecule has 0 aliphatic carbocycles. The standard InChI is InChI=1S/C8H7F3NO4PS/c1-17(15,18)16-7-3-5(8(9,10)11)2-6(4-7)12(13)14/h2-4H,1H3,(H,15,18). The van der Waals surface area contributed by atoms with Crippen LogP contribution in [0.5, 0.6) is 5.75 Å². The van der Waals surface area contributed by atoms with Crippen molar-refractivity contribution in [1.29, 1.82) is 0 Å². The Bertz CT molecular complexity index is 528. The fraction of sp³-hybridized carbons (Fsp3) is 0.250. The summed E-state index contributed by atoms with van der Waals surface area (Å²) >= 11 is 4.51. The summed E-state index contributed by atoms with van der Waals surface area (Å²) in [4.78, 5) is 18.8. The van der Waals surface area contributed by atoms with E-state index in [-0.39, 0.29) is 0 Å². The number of hydrogen-bond acceptors (Lipinski definition) is 4. The summed E-state index contributed by atoms with van der Waals surface area (Å²) in [6.07, 6.45) is -4.75. The van der Waals surface area contributed by atoms with E-state index in [1.807, 2.05) is 0 Å². The monoisotopic (exact) mass is 301 g/mol. The third-order valence-electron chi connectivity index (χ3n) is 1.70. The molecule has 0 radical (unpaired) electrons. The molecule has 5 nitrogen and oxygen atoms in total. The fourth-order valence-corrected chi connectivity index (χ4v) is 1.86. The Morgan fingerprint density at radius 2 is 2.00 bits per heavy atom. The van der Waals surface area contributed by atoms with E-state index in [4.69, 9.17) is 4.52 Å². The van der Waals surface area contributed by atoms with Gasteiger partial charge in [0.05, 0.1) is 16.6 Å². The Morgan fingerprint density at radius 3 is 2.39 bits per heavy atom. The first-order valence-corrected chi connectivity index (χ1v) is 7.47. The van der Waals surface area contributed by atoms with Crippen molar-refractivity contribution in [3.63, 3.8) is 0 Å². The van der Waals surface area contributed by atoms with Crippen LogP contribution in [0.25, 0.3) is 0 Å². The molecule has 1 aromatic rings. The molecule has 0 bridgehead atoms. The summed E-state index contributed by atoms with van der Waals surface area (Å²) in [6.45, 7) is -2.15. The van der Waals surface area contributed by atoms with Crippen molar-refractivity contribution in [2.24, 2.45) is 0 Å². The van der Waals surface area contributed by atoms with Crippen LogP contribution in [0.2, 0.25) is 0 Å². The second-order valence-electron chi connectivity index (χ2n) is 3.36. The molecule has 100 valence electrons. The molecule has 1 atom stereocenters. The number of rotatable bonds is 3. The maximum Gasteiger partial charge on any atom is 0.416 e. The number of hydrogen-bond donors (Lipinski definition) is 1. The van der Waals surface area contributed by atoms with Gasteiger partial charge in [-0.3, -0.25) is 10.1 Å². The summed E-state index contributed by atoms with van der Waals surface area (Å²) in [5.74, 6) is -0.482. The first-order valence-electron chi connectivity index (χ1n) is 4.35. The van der Waals surface area contributed by atoms with Crippen LogP contribution in [-0.2, 0) is 18.0 Å². The van der Waals surface area contributed by atoms with Crippen LogP contribution in [0.3, 0.4) is 0 Å². The van der Waals surface area contributed by atoms with E-state index in [1.54, 1.807) is 0 Å². The van der Waals surface area contributed by atoms with Gasteiger partial charge in [-0.2, -0.15) is 13.2 Å². The molecular weight excluding hydrogens is 294 g/mol. The Morgan fingerprint density at radius 1 is 1.44 bits per heavy atom. The minimum Gasteiger partial charge on any atom is -0.444 e. The first kappa shape index (κ1) is 14.9. The van der Waals surface area contributed by atoms with E-state index in [0.717, 1.165) is 12.7 Å². The van der Waals surface area contributed by atoms with Gasteiger partial charge in [0.25, 0.3) is 5.69 Å². The molecule has 0 saturated carbocycles. The van der Waals surface area contributed by atoms with Gasteiger partial charge in [-0.15, -0.1) is 0 Å². The van der Waals surface area contributed by atoms with Gasteiger partial charge in [-0.25, -0.2) is 0 Å². The highest BCUT2D eigenvalue weighted by molar-refractivity contribution is 8.09. The zero-order chi connectivity index (χ0) is 14.1. The molecule has 0 fully saturated rings. The molecule has 0 aliphatic heterocycles. The third kappa shape index (κ3) is 4.25. The van der Waals surface area contributed by atoms with Gasteiger partial charge in [0.2, 0.25) is 6.49 Å². The minimum atomic E-state index is -4.75.